The van der Waals surface area contributed by atoms with Crippen molar-refractivity contribution in [3.63, 3.8) is 0 Å². The van der Waals surface area contributed by atoms with E-state index in [1.807, 2.05) is 41.5 Å². The van der Waals surface area contributed by atoms with Gasteiger partial charge in [0.2, 0.25) is 0 Å². The summed E-state index contributed by atoms with van der Waals surface area (Å²) in [5.41, 5.74) is -0.449. The minimum absolute atomic E-state index is 0. The highest BCUT2D eigenvalue weighted by atomic mass is 16.1. The fourth-order valence-corrected chi connectivity index (χ4v) is 1.76. The van der Waals surface area contributed by atoms with Gasteiger partial charge in [-0.05, 0) is 25.9 Å². The molecule has 22 heavy (non-hydrogen) atoms. The summed E-state index contributed by atoms with van der Waals surface area (Å²) in [5, 5.41) is 6.52. The lowest BCUT2D eigenvalue weighted by molar-refractivity contribution is -0.127. The first-order chi connectivity index (χ1) is 9.55. The van der Waals surface area contributed by atoms with Crippen molar-refractivity contribution in [2.75, 3.05) is 19.8 Å². The molecule has 0 heterocycles. The van der Waals surface area contributed by atoms with Gasteiger partial charge in [0.1, 0.15) is 11.6 Å². The molecule has 132 valence electrons. The van der Waals surface area contributed by atoms with Crippen LogP contribution in [0.4, 0.5) is 0 Å². The Balaban J connectivity index is 0. The van der Waals surface area contributed by atoms with E-state index in [1.54, 1.807) is 0 Å². The highest BCUT2D eigenvalue weighted by Gasteiger charge is 2.20. The summed E-state index contributed by atoms with van der Waals surface area (Å²) in [7, 11) is 0. The molecule has 0 fully saturated rings. The molecule has 0 rings (SSSR count). The average Bonchev–Trinajstić information content (AvgIpc) is 2.33. The lowest BCUT2D eigenvalue weighted by Crippen LogP contribution is -2.31. The average molecular weight is 315 g/mol. The zero-order valence-corrected chi connectivity index (χ0v) is 14.8. The smallest absolute Gasteiger partial charge is 0.138 e. The number of carbonyl (C=O) groups is 2. The molecule has 0 aliphatic rings. The van der Waals surface area contributed by atoms with E-state index in [2.05, 4.69) is 10.6 Å². The first-order valence-corrected chi connectivity index (χ1v) is 8.03. The third-order valence-electron chi connectivity index (χ3n) is 3.44. The summed E-state index contributed by atoms with van der Waals surface area (Å²) >= 11 is 0. The first kappa shape index (κ1) is 23.5. The van der Waals surface area contributed by atoms with E-state index in [4.69, 9.17) is 0 Å². The lowest BCUT2D eigenvalue weighted by atomic mass is 9.88. The van der Waals surface area contributed by atoms with Crippen LogP contribution in [0.3, 0.4) is 0 Å². The van der Waals surface area contributed by atoms with Gasteiger partial charge in [0, 0.05) is 30.3 Å². The van der Waals surface area contributed by atoms with E-state index in [0.717, 1.165) is 32.6 Å². The number of carbonyl (C=O) groups excluding carboxylic acids is 2. The van der Waals surface area contributed by atoms with Gasteiger partial charge >= 0.3 is 0 Å². The summed E-state index contributed by atoms with van der Waals surface area (Å²) in [6.07, 6.45) is 3.02. The standard InChI is InChI=1S/C17H34N2O2.CH4/c1-16(2,3)14(20)9-7-11-18-13-19-12-8-10-15(21)17(4,5)6;/h18-19H,7-13H2,1-6H3;1H4. The highest BCUT2D eigenvalue weighted by Crippen LogP contribution is 2.17. The number of hydrogen-bond acceptors (Lipinski definition) is 4. The van der Waals surface area contributed by atoms with Crippen molar-refractivity contribution >= 4 is 11.6 Å². The summed E-state index contributed by atoms with van der Waals surface area (Å²) < 4.78 is 0. The molecule has 0 unspecified atom stereocenters. The van der Waals surface area contributed by atoms with Crippen LogP contribution in [-0.2, 0) is 9.59 Å². The maximum absolute atomic E-state index is 11.7. The van der Waals surface area contributed by atoms with Crippen LogP contribution in [-0.4, -0.2) is 31.3 Å². The normalized spacial score (nSPS) is 11.9. The minimum atomic E-state index is -0.224. The molecule has 0 aromatic rings. The van der Waals surface area contributed by atoms with Crippen molar-refractivity contribution in [3.8, 4) is 0 Å². The molecule has 0 atom stereocenters. The Morgan fingerprint density at radius 1 is 0.727 bits per heavy atom. The van der Waals surface area contributed by atoms with Gasteiger partial charge in [-0.15, -0.1) is 0 Å². The highest BCUT2D eigenvalue weighted by molar-refractivity contribution is 5.83. The van der Waals surface area contributed by atoms with Gasteiger partial charge in [0.15, 0.2) is 0 Å². The molecule has 0 aromatic heterocycles. The molecular weight excluding hydrogens is 276 g/mol. The van der Waals surface area contributed by atoms with Crippen LogP contribution in [0.15, 0.2) is 0 Å². The van der Waals surface area contributed by atoms with Crippen molar-refractivity contribution < 1.29 is 9.59 Å². The fourth-order valence-electron chi connectivity index (χ4n) is 1.76. The molecular formula is C18H38N2O2. The molecule has 0 aromatic carbocycles. The van der Waals surface area contributed by atoms with Gasteiger partial charge in [-0.25, -0.2) is 0 Å². The van der Waals surface area contributed by atoms with Crippen LogP contribution in [0.1, 0.15) is 74.7 Å². The second-order valence-corrected chi connectivity index (χ2v) is 7.73. The van der Waals surface area contributed by atoms with E-state index in [0.29, 0.717) is 24.4 Å². The van der Waals surface area contributed by atoms with E-state index >= 15 is 0 Å². The third kappa shape index (κ3) is 11.9. The quantitative estimate of drug-likeness (QED) is 0.478. The van der Waals surface area contributed by atoms with Crippen molar-refractivity contribution in [1.29, 1.82) is 0 Å². The molecule has 2 N–H and O–H groups in total. The SMILES string of the molecule is C.CC(C)(C)C(=O)CCCNCNCCCC(=O)C(C)(C)C. The number of ketones is 2. The van der Waals surface area contributed by atoms with Crippen LogP contribution in [0, 0.1) is 10.8 Å². The van der Waals surface area contributed by atoms with Crippen molar-refractivity contribution in [3.05, 3.63) is 0 Å². The predicted molar refractivity (Wildman–Crippen MR) is 95.0 cm³/mol. The fraction of sp³-hybridized carbons (Fsp3) is 0.889. The topological polar surface area (TPSA) is 58.2 Å². The molecule has 0 saturated carbocycles. The molecule has 4 heteroatoms. The molecule has 0 radical (unpaired) electrons. The second-order valence-electron chi connectivity index (χ2n) is 7.73. The maximum Gasteiger partial charge on any atom is 0.138 e. The van der Waals surface area contributed by atoms with Gasteiger partial charge in [0.25, 0.3) is 0 Å². The molecule has 0 spiro atoms. The minimum Gasteiger partial charge on any atom is -0.304 e. The Morgan fingerprint density at radius 2 is 1.05 bits per heavy atom. The third-order valence-corrected chi connectivity index (χ3v) is 3.44. The number of nitrogens with one attached hydrogen (secondary N) is 2. The zero-order valence-electron chi connectivity index (χ0n) is 14.8. The lowest BCUT2D eigenvalue weighted by Gasteiger charge is -2.16. The van der Waals surface area contributed by atoms with Crippen molar-refractivity contribution in [2.24, 2.45) is 10.8 Å². The summed E-state index contributed by atoms with van der Waals surface area (Å²) in [4.78, 5) is 23.4. The Bertz CT molecular complexity index is 293. The summed E-state index contributed by atoms with van der Waals surface area (Å²) in [6.45, 7) is 14.2. The Hall–Kier alpha value is -0.740. The Labute approximate surface area is 137 Å². The summed E-state index contributed by atoms with van der Waals surface area (Å²) in [6, 6.07) is 0. The van der Waals surface area contributed by atoms with Crippen LogP contribution in [0.5, 0.6) is 0 Å². The van der Waals surface area contributed by atoms with E-state index in [9.17, 15) is 9.59 Å². The summed E-state index contributed by atoms with van der Waals surface area (Å²) in [5.74, 6) is 0.635. The van der Waals surface area contributed by atoms with Crippen LogP contribution in [0.2, 0.25) is 0 Å². The first-order valence-electron chi connectivity index (χ1n) is 8.03. The van der Waals surface area contributed by atoms with Crippen LogP contribution < -0.4 is 10.6 Å². The monoisotopic (exact) mass is 314 g/mol. The molecule has 0 aliphatic carbocycles. The largest absolute Gasteiger partial charge is 0.304 e. The van der Waals surface area contributed by atoms with Gasteiger partial charge in [-0.2, -0.15) is 0 Å². The zero-order chi connectivity index (χ0) is 16.5. The van der Waals surface area contributed by atoms with Crippen molar-refractivity contribution in [2.45, 2.75) is 74.7 Å². The Morgan fingerprint density at radius 3 is 1.32 bits per heavy atom. The van der Waals surface area contributed by atoms with Crippen LogP contribution in [0.25, 0.3) is 0 Å². The second kappa shape index (κ2) is 10.9. The van der Waals surface area contributed by atoms with Gasteiger partial charge < -0.3 is 10.6 Å². The number of rotatable bonds is 10. The van der Waals surface area contributed by atoms with Crippen molar-refractivity contribution in [1.82, 2.24) is 10.6 Å². The predicted octanol–water partition coefficient (Wildman–Crippen LogP) is 3.55. The van der Waals surface area contributed by atoms with Crippen LogP contribution >= 0.6 is 0 Å². The number of Topliss-reactive ketones (excluding diaryl/α,β-unsaturated/α-hetero) is 2. The molecule has 0 bridgehead atoms. The van der Waals surface area contributed by atoms with E-state index in [1.165, 1.54) is 0 Å². The molecule has 0 aliphatic heterocycles. The van der Waals surface area contributed by atoms with Gasteiger partial charge in [-0.1, -0.05) is 49.0 Å². The Kier molecular flexibility index (Phi) is 11.7. The maximum atomic E-state index is 11.7. The molecule has 0 saturated heterocycles. The van der Waals surface area contributed by atoms with E-state index in [-0.39, 0.29) is 18.3 Å². The molecule has 0 amide bonds. The molecule has 4 nitrogen and oxygen atoms in total. The van der Waals surface area contributed by atoms with E-state index < -0.39 is 0 Å². The van der Waals surface area contributed by atoms with Gasteiger partial charge in [-0.3, -0.25) is 9.59 Å². The number of hydrogen-bond donors (Lipinski definition) is 2. The van der Waals surface area contributed by atoms with Gasteiger partial charge in [0.05, 0.1) is 0 Å².